The Hall–Kier alpha value is -2.05. The van der Waals surface area contributed by atoms with Gasteiger partial charge in [-0.05, 0) is 51.8 Å². The lowest BCUT2D eigenvalue weighted by molar-refractivity contribution is 0.950. The van der Waals surface area contributed by atoms with Gasteiger partial charge in [-0.3, -0.25) is 0 Å². The van der Waals surface area contributed by atoms with Crippen molar-refractivity contribution in [2.24, 2.45) is 4.99 Å². The third kappa shape index (κ3) is 7.80. The first-order valence-corrected chi connectivity index (χ1v) is 6.27. The maximum absolute atomic E-state index is 4.26. The zero-order valence-corrected chi connectivity index (χ0v) is 12.7. The second kappa shape index (κ2) is 8.96. The molecule has 0 aliphatic carbocycles. The van der Waals surface area contributed by atoms with Crippen LogP contribution in [0, 0.1) is 0 Å². The van der Waals surface area contributed by atoms with Crippen molar-refractivity contribution in [1.29, 1.82) is 0 Å². The predicted octanol–water partition coefficient (Wildman–Crippen LogP) is 4.67. The van der Waals surface area contributed by atoms with Gasteiger partial charge in [-0.15, -0.1) is 0 Å². The molecule has 2 heteroatoms. The van der Waals surface area contributed by atoms with Crippen LogP contribution in [0.15, 0.2) is 70.3 Å². The van der Waals surface area contributed by atoms with E-state index >= 15 is 0 Å². The van der Waals surface area contributed by atoms with Gasteiger partial charge in [0.15, 0.2) is 5.82 Å². The fraction of sp³-hybridized carbons (Fsp3) is 0.294. The molecule has 0 saturated heterocycles. The highest BCUT2D eigenvalue weighted by Gasteiger charge is 1.94. The Kier molecular flexibility index (Phi) is 7.99. The summed E-state index contributed by atoms with van der Waals surface area (Å²) >= 11 is 0. The Morgan fingerprint density at radius 3 is 2.26 bits per heavy atom. The van der Waals surface area contributed by atoms with Gasteiger partial charge in [0.1, 0.15) is 0 Å². The van der Waals surface area contributed by atoms with Crippen LogP contribution < -0.4 is 5.32 Å². The Morgan fingerprint density at radius 2 is 1.79 bits per heavy atom. The summed E-state index contributed by atoms with van der Waals surface area (Å²) in [6.07, 6.45) is 7.53. The Labute approximate surface area is 117 Å². The van der Waals surface area contributed by atoms with Gasteiger partial charge >= 0.3 is 0 Å². The van der Waals surface area contributed by atoms with Crippen LogP contribution in [0.3, 0.4) is 0 Å². The van der Waals surface area contributed by atoms with Crippen molar-refractivity contribution in [1.82, 2.24) is 5.32 Å². The minimum atomic E-state index is 0.682. The summed E-state index contributed by atoms with van der Waals surface area (Å²) in [5.74, 6) is 0.682. The van der Waals surface area contributed by atoms with Gasteiger partial charge in [0.05, 0.1) is 0 Å². The molecule has 19 heavy (non-hydrogen) atoms. The first kappa shape index (κ1) is 16.9. The highest BCUT2D eigenvalue weighted by atomic mass is 15.0. The fourth-order valence-corrected chi connectivity index (χ4v) is 1.06. The standard InChI is InChI=1S/C17H24N2/c1-8-14(5)10-11-16(7)19-17(18-9-2)12-15(6)13(3)4/h8-11,19H,1,3H2,2,4-7H3/b14-10-,16-11+,18-9-. The highest BCUT2D eigenvalue weighted by molar-refractivity contribution is 5.55. The average molecular weight is 256 g/mol. The lowest BCUT2D eigenvalue weighted by Gasteiger charge is -2.04. The SMILES string of the molecule is C=C/C(C)=C\C=C(/C)NC(=C=C(C)C(=C)C)/N=C\C. The summed E-state index contributed by atoms with van der Waals surface area (Å²) in [7, 11) is 0. The van der Waals surface area contributed by atoms with Crippen LogP contribution in [-0.2, 0) is 0 Å². The molecule has 0 bridgehead atoms. The van der Waals surface area contributed by atoms with Gasteiger partial charge in [0, 0.05) is 11.9 Å². The molecule has 0 amide bonds. The molecule has 0 aliphatic rings. The Balaban J connectivity index is 5.24. The molecule has 0 heterocycles. The van der Waals surface area contributed by atoms with E-state index in [1.54, 1.807) is 6.21 Å². The second-order valence-corrected chi connectivity index (χ2v) is 4.36. The molecule has 0 saturated carbocycles. The van der Waals surface area contributed by atoms with Crippen molar-refractivity contribution in [3.05, 3.63) is 65.4 Å². The van der Waals surface area contributed by atoms with Crippen LogP contribution in [0.2, 0.25) is 0 Å². The van der Waals surface area contributed by atoms with Crippen LogP contribution in [0.4, 0.5) is 0 Å². The Morgan fingerprint density at radius 1 is 1.16 bits per heavy atom. The molecule has 1 N–H and O–H groups in total. The number of hydrogen-bond donors (Lipinski definition) is 1. The largest absolute Gasteiger partial charge is 0.337 e. The van der Waals surface area contributed by atoms with Crippen LogP contribution in [-0.4, -0.2) is 6.21 Å². The summed E-state index contributed by atoms with van der Waals surface area (Å²) in [4.78, 5) is 4.26. The average Bonchev–Trinajstić information content (AvgIpc) is 2.35. The van der Waals surface area contributed by atoms with Crippen molar-refractivity contribution in [2.45, 2.75) is 34.6 Å². The number of allylic oxidation sites excluding steroid dienone is 7. The monoisotopic (exact) mass is 256 g/mol. The van der Waals surface area contributed by atoms with Gasteiger partial charge in [-0.25, -0.2) is 4.99 Å². The normalized spacial score (nSPS) is 12.1. The zero-order valence-electron chi connectivity index (χ0n) is 12.7. The molecule has 0 fully saturated rings. The summed E-state index contributed by atoms with van der Waals surface area (Å²) in [5.41, 5.74) is 7.26. The van der Waals surface area contributed by atoms with Gasteiger partial charge < -0.3 is 5.32 Å². The van der Waals surface area contributed by atoms with Crippen molar-refractivity contribution in [2.75, 3.05) is 0 Å². The number of rotatable bonds is 6. The van der Waals surface area contributed by atoms with Crippen molar-refractivity contribution >= 4 is 6.21 Å². The number of aliphatic imine (C=N–C) groups is 1. The van der Waals surface area contributed by atoms with E-state index in [2.05, 4.69) is 29.2 Å². The number of nitrogens with zero attached hydrogens (tertiary/aromatic N) is 1. The molecule has 0 aromatic heterocycles. The van der Waals surface area contributed by atoms with Crippen LogP contribution in [0.25, 0.3) is 0 Å². The molecular formula is C17H24N2. The Bertz CT molecular complexity index is 493. The van der Waals surface area contributed by atoms with E-state index in [0.717, 1.165) is 22.4 Å². The van der Waals surface area contributed by atoms with E-state index in [4.69, 9.17) is 0 Å². The van der Waals surface area contributed by atoms with E-state index in [-0.39, 0.29) is 0 Å². The second-order valence-electron chi connectivity index (χ2n) is 4.36. The summed E-state index contributed by atoms with van der Waals surface area (Å²) in [5, 5.41) is 3.21. The van der Waals surface area contributed by atoms with E-state index < -0.39 is 0 Å². The first-order valence-electron chi connectivity index (χ1n) is 6.27. The molecular weight excluding hydrogens is 232 g/mol. The van der Waals surface area contributed by atoms with E-state index in [1.165, 1.54) is 0 Å². The third-order valence-electron chi connectivity index (χ3n) is 2.44. The third-order valence-corrected chi connectivity index (χ3v) is 2.44. The van der Waals surface area contributed by atoms with E-state index in [0.29, 0.717) is 5.82 Å². The zero-order chi connectivity index (χ0) is 14.8. The summed E-state index contributed by atoms with van der Waals surface area (Å²) in [6, 6.07) is 0. The smallest absolute Gasteiger partial charge is 0.174 e. The van der Waals surface area contributed by atoms with Crippen LogP contribution in [0.1, 0.15) is 34.6 Å². The molecule has 0 spiro atoms. The van der Waals surface area contributed by atoms with Crippen LogP contribution in [0.5, 0.6) is 0 Å². The van der Waals surface area contributed by atoms with Crippen molar-refractivity contribution in [3.63, 3.8) is 0 Å². The molecule has 0 aromatic carbocycles. The molecule has 2 nitrogen and oxygen atoms in total. The quantitative estimate of drug-likeness (QED) is 0.417. The summed E-state index contributed by atoms with van der Waals surface area (Å²) in [6.45, 7) is 17.4. The maximum atomic E-state index is 4.26. The molecule has 0 unspecified atom stereocenters. The predicted molar refractivity (Wildman–Crippen MR) is 86.0 cm³/mol. The van der Waals surface area contributed by atoms with E-state index in [9.17, 15) is 0 Å². The summed E-state index contributed by atoms with van der Waals surface area (Å²) < 4.78 is 0. The first-order chi connectivity index (χ1) is 8.90. The topological polar surface area (TPSA) is 24.4 Å². The minimum absolute atomic E-state index is 0.682. The van der Waals surface area contributed by atoms with Gasteiger partial charge in [-0.2, -0.15) is 0 Å². The maximum Gasteiger partial charge on any atom is 0.174 e. The van der Waals surface area contributed by atoms with E-state index in [1.807, 2.05) is 52.8 Å². The number of hydrogen-bond acceptors (Lipinski definition) is 2. The van der Waals surface area contributed by atoms with Crippen molar-refractivity contribution < 1.29 is 0 Å². The molecule has 0 radical (unpaired) electrons. The lowest BCUT2D eigenvalue weighted by Crippen LogP contribution is -2.08. The van der Waals surface area contributed by atoms with Crippen molar-refractivity contribution in [3.8, 4) is 0 Å². The minimum Gasteiger partial charge on any atom is -0.337 e. The molecule has 0 rings (SSSR count). The van der Waals surface area contributed by atoms with Crippen LogP contribution >= 0.6 is 0 Å². The van der Waals surface area contributed by atoms with Gasteiger partial charge in [0.25, 0.3) is 0 Å². The molecule has 0 aliphatic heterocycles. The lowest BCUT2D eigenvalue weighted by atomic mass is 10.2. The number of nitrogens with one attached hydrogen (secondary N) is 1. The molecule has 102 valence electrons. The molecule has 0 aromatic rings. The fourth-order valence-electron chi connectivity index (χ4n) is 1.06. The highest BCUT2D eigenvalue weighted by Crippen LogP contribution is 2.05. The van der Waals surface area contributed by atoms with Gasteiger partial charge in [-0.1, -0.05) is 36.6 Å². The molecule has 0 atom stereocenters. The van der Waals surface area contributed by atoms with Gasteiger partial charge in [0.2, 0.25) is 0 Å².